The summed E-state index contributed by atoms with van der Waals surface area (Å²) < 4.78 is 14.2. The lowest BCUT2D eigenvalue weighted by molar-refractivity contribution is 0.199. The lowest BCUT2D eigenvalue weighted by Crippen LogP contribution is -2.44. The maximum Gasteiger partial charge on any atom is 0.165 e. The van der Waals surface area contributed by atoms with Gasteiger partial charge in [0.15, 0.2) is 11.6 Å². The van der Waals surface area contributed by atoms with Crippen molar-refractivity contribution in [2.45, 2.75) is 6.04 Å². The highest BCUT2D eigenvalue weighted by molar-refractivity contribution is 9.10. The van der Waals surface area contributed by atoms with Crippen molar-refractivity contribution < 1.29 is 9.50 Å². The molecule has 0 aromatic heterocycles. The second-order valence-electron chi connectivity index (χ2n) is 4.26. The van der Waals surface area contributed by atoms with Crippen molar-refractivity contribution in [2.24, 2.45) is 0 Å². The largest absolute Gasteiger partial charge is 0.505 e. The summed E-state index contributed by atoms with van der Waals surface area (Å²) >= 11 is 3.37. The van der Waals surface area contributed by atoms with Gasteiger partial charge in [-0.05, 0) is 12.1 Å². The van der Waals surface area contributed by atoms with Crippen LogP contribution in [0.15, 0.2) is 29.3 Å². The Labute approximate surface area is 139 Å². The van der Waals surface area contributed by atoms with Gasteiger partial charge < -0.3 is 10.4 Å². The fourth-order valence-electron chi connectivity index (χ4n) is 2.25. The summed E-state index contributed by atoms with van der Waals surface area (Å²) in [5, 5.41) is 13.2. The zero-order chi connectivity index (χ0) is 13.1. The monoisotopic (exact) mass is 386 g/mol. The van der Waals surface area contributed by atoms with E-state index in [0.717, 1.165) is 26.2 Å². The van der Waals surface area contributed by atoms with E-state index in [1.165, 1.54) is 6.07 Å². The van der Waals surface area contributed by atoms with Crippen LogP contribution in [0.1, 0.15) is 11.6 Å². The summed E-state index contributed by atoms with van der Waals surface area (Å²) in [5.74, 6) is -0.900. The molecular formula is C13H18BrCl2FN2O. The number of phenolic OH excluding ortho intramolecular Hbond substituents is 1. The highest BCUT2D eigenvalue weighted by atomic mass is 79.9. The molecule has 1 atom stereocenters. The first-order valence-electron chi connectivity index (χ1n) is 5.89. The Kier molecular flexibility index (Phi) is 8.70. The van der Waals surface area contributed by atoms with Gasteiger partial charge in [0.05, 0.1) is 6.04 Å². The van der Waals surface area contributed by atoms with Crippen molar-refractivity contribution in [1.29, 1.82) is 0 Å². The van der Waals surface area contributed by atoms with Crippen LogP contribution in [0.2, 0.25) is 0 Å². The van der Waals surface area contributed by atoms with E-state index in [1.54, 1.807) is 12.1 Å². The molecule has 0 unspecified atom stereocenters. The van der Waals surface area contributed by atoms with Crippen molar-refractivity contribution in [1.82, 2.24) is 10.2 Å². The minimum absolute atomic E-state index is 0. The van der Waals surface area contributed by atoms with Crippen LogP contribution < -0.4 is 5.32 Å². The molecule has 0 radical (unpaired) electrons. The quantitative estimate of drug-likeness (QED) is 0.781. The number of phenols is 1. The van der Waals surface area contributed by atoms with Gasteiger partial charge in [0, 0.05) is 36.2 Å². The number of benzene rings is 1. The van der Waals surface area contributed by atoms with Gasteiger partial charge in [-0.1, -0.05) is 22.0 Å². The van der Waals surface area contributed by atoms with Gasteiger partial charge in [-0.2, -0.15) is 0 Å². The van der Waals surface area contributed by atoms with E-state index in [0.29, 0.717) is 10.0 Å². The SMILES string of the molecule is C=C[C@@H](c1c(Br)ccc(F)c1O)N1CCNCC1.Cl.Cl. The highest BCUT2D eigenvalue weighted by Gasteiger charge is 2.25. The van der Waals surface area contributed by atoms with Gasteiger partial charge >= 0.3 is 0 Å². The zero-order valence-corrected chi connectivity index (χ0v) is 14.0. The number of hydrogen-bond acceptors (Lipinski definition) is 3. The van der Waals surface area contributed by atoms with Gasteiger partial charge in [0.2, 0.25) is 0 Å². The third kappa shape index (κ3) is 4.09. The first-order valence-corrected chi connectivity index (χ1v) is 6.68. The molecule has 0 amide bonds. The molecule has 1 aromatic rings. The number of nitrogens with zero attached hydrogens (tertiary/aromatic N) is 1. The van der Waals surface area contributed by atoms with E-state index < -0.39 is 5.82 Å². The maximum atomic E-state index is 13.5. The Morgan fingerprint density at radius 1 is 1.35 bits per heavy atom. The van der Waals surface area contributed by atoms with Crippen molar-refractivity contribution in [3.8, 4) is 5.75 Å². The average Bonchev–Trinajstić information content (AvgIpc) is 2.40. The van der Waals surface area contributed by atoms with Crippen molar-refractivity contribution in [3.05, 3.63) is 40.6 Å². The zero-order valence-electron chi connectivity index (χ0n) is 10.8. The van der Waals surface area contributed by atoms with Gasteiger partial charge in [-0.3, -0.25) is 4.90 Å². The maximum absolute atomic E-state index is 13.5. The first-order chi connectivity index (χ1) is 8.65. The van der Waals surface area contributed by atoms with E-state index in [-0.39, 0.29) is 36.6 Å². The average molecular weight is 388 g/mol. The normalized spacial score (nSPS) is 16.7. The third-order valence-electron chi connectivity index (χ3n) is 3.18. The molecule has 1 heterocycles. The smallest absolute Gasteiger partial charge is 0.165 e. The molecule has 3 nitrogen and oxygen atoms in total. The van der Waals surface area contributed by atoms with Gasteiger partial charge in [0.25, 0.3) is 0 Å². The molecule has 2 N–H and O–H groups in total. The summed E-state index contributed by atoms with van der Waals surface area (Å²) in [7, 11) is 0. The summed E-state index contributed by atoms with van der Waals surface area (Å²) in [6.07, 6.45) is 1.74. The second-order valence-corrected chi connectivity index (χ2v) is 5.11. The molecule has 1 fully saturated rings. The van der Waals surface area contributed by atoms with E-state index in [2.05, 4.69) is 32.7 Å². The lowest BCUT2D eigenvalue weighted by Gasteiger charge is -2.34. The van der Waals surface area contributed by atoms with Crippen LogP contribution in [-0.4, -0.2) is 36.2 Å². The number of piperazine rings is 1. The molecule has 2 rings (SSSR count). The van der Waals surface area contributed by atoms with Crippen LogP contribution in [0.4, 0.5) is 4.39 Å². The van der Waals surface area contributed by atoms with Crippen LogP contribution in [-0.2, 0) is 0 Å². The van der Waals surface area contributed by atoms with Crippen LogP contribution in [0.5, 0.6) is 5.75 Å². The molecule has 0 spiro atoms. The molecule has 1 aliphatic heterocycles. The molecule has 7 heteroatoms. The Morgan fingerprint density at radius 3 is 2.50 bits per heavy atom. The Bertz CT molecular complexity index is 456. The summed E-state index contributed by atoms with van der Waals surface area (Å²) in [6.45, 7) is 7.27. The van der Waals surface area contributed by atoms with Crippen LogP contribution in [0.3, 0.4) is 0 Å². The Balaban J connectivity index is 0.00000180. The predicted octanol–water partition coefficient (Wildman–Crippen LogP) is 3.27. The standard InChI is InChI=1S/C13H16BrFN2O.2ClH/c1-2-11(17-7-5-16-6-8-17)12-9(14)3-4-10(15)13(12)18;;/h2-4,11,16,18H,1,5-8H2;2*1H/t11-;;/m0../s1. The topological polar surface area (TPSA) is 35.5 Å². The summed E-state index contributed by atoms with van der Waals surface area (Å²) in [5.41, 5.74) is 0.548. The highest BCUT2D eigenvalue weighted by Crippen LogP contribution is 2.37. The fourth-order valence-corrected chi connectivity index (χ4v) is 2.80. The van der Waals surface area contributed by atoms with E-state index in [1.807, 2.05) is 0 Å². The van der Waals surface area contributed by atoms with E-state index in [9.17, 15) is 9.50 Å². The molecule has 20 heavy (non-hydrogen) atoms. The molecule has 0 saturated carbocycles. The van der Waals surface area contributed by atoms with E-state index in [4.69, 9.17) is 0 Å². The lowest BCUT2D eigenvalue weighted by atomic mass is 10.0. The van der Waals surface area contributed by atoms with E-state index >= 15 is 0 Å². The molecule has 114 valence electrons. The van der Waals surface area contributed by atoms with Crippen LogP contribution >= 0.6 is 40.7 Å². The minimum Gasteiger partial charge on any atom is -0.505 e. The molecular weight excluding hydrogens is 370 g/mol. The summed E-state index contributed by atoms with van der Waals surface area (Å²) in [6, 6.07) is 2.68. The molecule has 1 aliphatic rings. The van der Waals surface area contributed by atoms with Crippen molar-refractivity contribution >= 4 is 40.7 Å². The summed E-state index contributed by atoms with van der Waals surface area (Å²) in [4.78, 5) is 2.17. The molecule has 0 bridgehead atoms. The Morgan fingerprint density at radius 2 is 1.95 bits per heavy atom. The number of nitrogens with one attached hydrogen (secondary N) is 1. The van der Waals surface area contributed by atoms with Gasteiger partial charge in [0.1, 0.15) is 0 Å². The number of rotatable bonds is 3. The van der Waals surface area contributed by atoms with Crippen molar-refractivity contribution in [3.63, 3.8) is 0 Å². The molecule has 1 saturated heterocycles. The van der Waals surface area contributed by atoms with Gasteiger partial charge in [-0.25, -0.2) is 4.39 Å². The second kappa shape index (κ2) is 8.85. The number of aromatic hydroxyl groups is 1. The van der Waals surface area contributed by atoms with Crippen molar-refractivity contribution in [2.75, 3.05) is 26.2 Å². The molecule has 0 aliphatic carbocycles. The fraction of sp³-hybridized carbons (Fsp3) is 0.385. The number of hydrogen-bond donors (Lipinski definition) is 2. The van der Waals surface area contributed by atoms with Crippen LogP contribution in [0.25, 0.3) is 0 Å². The third-order valence-corrected chi connectivity index (χ3v) is 3.87. The Hall–Kier alpha value is -0.330. The predicted molar refractivity (Wildman–Crippen MR) is 87.6 cm³/mol. The number of halogens is 4. The first kappa shape index (κ1) is 19.7. The van der Waals surface area contributed by atoms with Gasteiger partial charge in [-0.15, -0.1) is 31.4 Å². The minimum atomic E-state index is -0.602. The van der Waals surface area contributed by atoms with Crippen LogP contribution in [0, 0.1) is 5.82 Å². The molecule has 1 aromatic carbocycles.